The van der Waals surface area contributed by atoms with Gasteiger partial charge in [-0.1, -0.05) is 36.4 Å². The van der Waals surface area contributed by atoms with Crippen LogP contribution in [0.3, 0.4) is 0 Å². The number of carbonyl (C=O) groups excluding carboxylic acids is 2. The first-order valence-corrected chi connectivity index (χ1v) is 12.5. The summed E-state index contributed by atoms with van der Waals surface area (Å²) >= 11 is 1.47. The maximum Gasteiger partial charge on any atom is 0.295 e. The molecule has 2 aromatic carbocycles. The van der Waals surface area contributed by atoms with E-state index in [4.69, 9.17) is 4.74 Å². The van der Waals surface area contributed by atoms with Crippen LogP contribution in [0.5, 0.6) is 5.75 Å². The van der Waals surface area contributed by atoms with Crippen LogP contribution in [0.4, 0.5) is 0 Å². The Morgan fingerprint density at radius 1 is 1.09 bits per heavy atom. The van der Waals surface area contributed by atoms with Crippen molar-refractivity contribution in [3.05, 3.63) is 93.2 Å². The molecule has 0 unspecified atom stereocenters. The fourth-order valence-electron chi connectivity index (χ4n) is 4.29. The van der Waals surface area contributed by atoms with Crippen LogP contribution in [0.2, 0.25) is 0 Å². The second-order valence-corrected chi connectivity index (χ2v) is 9.90. The lowest BCUT2D eigenvalue weighted by atomic mass is 9.97. The van der Waals surface area contributed by atoms with E-state index in [2.05, 4.69) is 0 Å². The number of hydrogen-bond acceptors (Lipinski definition) is 6. The fourth-order valence-corrected chi connectivity index (χ4v) is 5.13. The van der Waals surface area contributed by atoms with Gasteiger partial charge in [0.15, 0.2) is 0 Å². The third kappa shape index (κ3) is 5.47. The number of aliphatic hydroxyl groups is 1. The van der Waals surface area contributed by atoms with Crippen molar-refractivity contribution in [2.24, 2.45) is 0 Å². The minimum absolute atomic E-state index is 0.142. The molecule has 1 N–H and O–H groups in total. The molecule has 35 heavy (non-hydrogen) atoms. The zero-order valence-electron chi connectivity index (χ0n) is 20.2. The summed E-state index contributed by atoms with van der Waals surface area (Å²) in [6.07, 6.45) is 0.731. The number of thiophene rings is 1. The number of nitrogens with zero attached hydrogens (tertiary/aromatic N) is 2. The molecular weight excluding hydrogens is 460 g/mol. The SMILES string of the molecule is Cc1cc(OCc2ccccc2)ccc1/C(O)=C1\C(=O)C(=O)N(CCCN(C)C)[C@H]1c1cccs1. The van der Waals surface area contributed by atoms with Gasteiger partial charge in [0.1, 0.15) is 18.1 Å². The van der Waals surface area contributed by atoms with Gasteiger partial charge in [0.2, 0.25) is 0 Å². The van der Waals surface area contributed by atoms with E-state index in [0.717, 1.165) is 29.0 Å². The van der Waals surface area contributed by atoms with E-state index in [-0.39, 0.29) is 11.3 Å². The average Bonchev–Trinajstić information content (AvgIpc) is 3.45. The molecule has 1 fully saturated rings. The molecule has 4 rings (SSSR count). The molecule has 1 aromatic heterocycles. The lowest BCUT2D eigenvalue weighted by Crippen LogP contribution is -2.32. The Balaban J connectivity index is 1.64. The summed E-state index contributed by atoms with van der Waals surface area (Å²) < 4.78 is 5.90. The van der Waals surface area contributed by atoms with Gasteiger partial charge in [-0.15, -0.1) is 11.3 Å². The Morgan fingerprint density at radius 2 is 1.86 bits per heavy atom. The van der Waals surface area contributed by atoms with Gasteiger partial charge in [0.05, 0.1) is 11.6 Å². The highest BCUT2D eigenvalue weighted by Crippen LogP contribution is 2.41. The number of benzene rings is 2. The van der Waals surface area contributed by atoms with Crippen LogP contribution >= 0.6 is 11.3 Å². The van der Waals surface area contributed by atoms with E-state index in [9.17, 15) is 14.7 Å². The fraction of sp³-hybridized carbons (Fsp3) is 0.286. The monoisotopic (exact) mass is 490 g/mol. The van der Waals surface area contributed by atoms with Gasteiger partial charge >= 0.3 is 0 Å². The van der Waals surface area contributed by atoms with Gasteiger partial charge in [-0.25, -0.2) is 0 Å². The molecule has 0 radical (unpaired) electrons. The molecule has 0 aliphatic carbocycles. The summed E-state index contributed by atoms with van der Waals surface area (Å²) in [6, 6.07) is 18.4. The highest BCUT2D eigenvalue weighted by Gasteiger charge is 2.46. The van der Waals surface area contributed by atoms with Crippen molar-refractivity contribution in [3.8, 4) is 5.75 Å². The predicted molar refractivity (Wildman–Crippen MR) is 138 cm³/mol. The highest BCUT2D eigenvalue weighted by molar-refractivity contribution is 7.10. The number of ether oxygens (including phenoxy) is 1. The van der Waals surface area contributed by atoms with E-state index in [1.165, 1.54) is 11.3 Å². The van der Waals surface area contributed by atoms with Gasteiger partial charge in [0.25, 0.3) is 11.7 Å². The van der Waals surface area contributed by atoms with Crippen LogP contribution in [-0.4, -0.2) is 53.8 Å². The summed E-state index contributed by atoms with van der Waals surface area (Å²) in [7, 11) is 3.95. The molecule has 1 aliphatic heterocycles. The van der Waals surface area contributed by atoms with Gasteiger partial charge < -0.3 is 19.6 Å². The number of aryl methyl sites for hydroxylation is 1. The molecule has 1 aliphatic rings. The van der Waals surface area contributed by atoms with Crippen molar-refractivity contribution in [1.82, 2.24) is 9.80 Å². The van der Waals surface area contributed by atoms with E-state index in [1.807, 2.05) is 79.8 Å². The Hall–Kier alpha value is -3.42. The molecule has 182 valence electrons. The standard InChI is InChI=1S/C28H30N2O4S/c1-19-17-21(34-18-20-9-5-4-6-10-20)12-13-22(19)26(31)24-25(23-11-7-16-35-23)30(28(33)27(24)32)15-8-14-29(2)3/h4-7,9-13,16-17,25,31H,8,14-15,18H2,1-3H3/b26-24+/t25-/m0/s1. The van der Waals surface area contributed by atoms with Gasteiger partial charge in [-0.2, -0.15) is 0 Å². The number of rotatable bonds is 9. The largest absolute Gasteiger partial charge is 0.507 e. The maximum absolute atomic E-state index is 13.1. The summed E-state index contributed by atoms with van der Waals surface area (Å²) in [5, 5.41) is 13.2. The molecule has 0 saturated carbocycles. The third-order valence-electron chi connectivity index (χ3n) is 6.06. The van der Waals surface area contributed by atoms with Crippen molar-refractivity contribution in [1.29, 1.82) is 0 Å². The van der Waals surface area contributed by atoms with E-state index >= 15 is 0 Å². The predicted octanol–water partition coefficient (Wildman–Crippen LogP) is 5.01. The quantitative estimate of drug-likeness (QED) is 0.259. The summed E-state index contributed by atoms with van der Waals surface area (Å²) in [6.45, 7) is 3.52. The Kier molecular flexibility index (Phi) is 7.68. The molecule has 3 aromatic rings. The van der Waals surface area contributed by atoms with Crippen LogP contribution in [0, 0.1) is 6.92 Å². The summed E-state index contributed by atoms with van der Waals surface area (Å²) in [5.41, 5.74) is 2.48. The van der Waals surface area contributed by atoms with E-state index in [0.29, 0.717) is 24.5 Å². The Labute approximate surface area is 210 Å². The molecule has 0 spiro atoms. The highest BCUT2D eigenvalue weighted by atomic mass is 32.1. The topological polar surface area (TPSA) is 70.1 Å². The number of likely N-dealkylation sites (tertiary alicyclic amines) is 1. The van der Waals surface area contributed by atoms with Crippen LogP contribution < -0.4 is 4.74 Å². The first kappa shape index (κ1) is 24.7. The van der Waals surface area contributed by atoms with Gasteiger partial charge in [-0.05, 0) is 74.8 Å². The molecule has 1 atom stereocenters. The van der Waals surface area contributed by atoms with Crippen molar-refractivity contribution < 1.29 is 19.4 Å². The molecule has 0 bridgehead atoms. The minimum Gasteiger partial charge on any atom is -0.507 e. The molecule has 7 heteroatoms. The lowest BCUT2D eigenvalue weighted by Gasteiger charge is -2.24. The Morgan fingerprint density at radius 3 is 2.51 bits per heavy atom. The zero-order valence-corrected chi connectivity index (χ0v) is 21.0. The first-order chi connectivity index (χ1) is 16.9. The number of amides is 1. The molecule has 6 nitrogen and oxygen atoms in total. The smallest absolute Gasteiger partial charge is 0.295 e. The van der Waals surface area contributed by atoms with E-state index in [1.54, 1.807) is 17.0 Å². The van der Waals surface area contributed by atoms with Gasteiger partial charge in [-0.3, -0.25) is 9.59 Å². The third-order valence-corrected chi connectivity index (χ3v) is 6.98. The molecule has 2 heterocycles. The molecular formula is C28H30N2O4S. The zero-order chi connectivity index (χ0) is 24.9. The minimum atomic E-state index is -0.644. The Bertz CT molecular complexity index is 1220. The lowest BCUT2D eigenvalue weighted by molar-refractivity contribution is -0.139. The van der Waals surface area contributed by atoms with Crippen LogP contribution in [0.25, 0.3) is 5.76 Å². The van der Waals surface area contributed by atoms with Crippen LogP contribution in [0.15, 0.2) is 71.6 Å². The van der Waals surface area contributed by atoms with Crippen molar-refractivity contribution >= 4 is 28.8 Å². The molecule has 1 amide bonds. The van der Waals surface area contributed by atoms with Crippen LogP contribution in [-0.2, 0) is 16.2 Å². The number of hydrogen-bond donors (Lipinski definition) is 1. The van der Waals surface area contributed by atoms with Crippen molar-refractivity contribution in [2.45, 2.75) is 26.0 Å². The summed E-state index contributed by atoms with van der Waals surface area (Å²) in [4.78, 5) is 30.6. The second-order valence-electron chi connectivity index (χ2n) is 8.92. The number of aliphatic hydroxyl groups excluding tert-OH is 1. The second kappa shape index (κ2) is 10.9. The van der Waals surface area contributed by atoms with E-state index < -0.39 is 17.7 Å². The summed E-state index contributed by atoms with van der Waals surface area (Å²) in [5.74, 6) is -0.690. The van der Waals surface area contributed by atoms with Crippen molar-refractivity contribution in [2.75, 3.05) is 27.2 Å². The number of ketones is 1. The number of carbonyl (C=O) groups is 2. The first-order valence-electron chi connectivity index (χ1n) is 11.6. The normalized spacial score (nSPS) is 17.4. The average molecular weight is 491 g/mol. The number of Topliss-reactive ketones (excluding diaryl/α,β-unsaturated/α-hetero) is 1. The van der Waals surface area contributed by atoms with Crippen LogP contribution in [0.1, 0.15) is 34.0 Å². The molecule has 1 saturated heterocycles. The van der Waals surface area contributed by atoms with Crippen molar-refractivity contribution in [3.63, 3.8) is 0 Å². The maximum atomic E-state index is 13.1. The van der Waals surface area contributed by atoms with Gasteiger partial charge in [0, 0.05) is 17.0 Å².